The molecular formula is C10H12ClNO. The maximum Gasteiger partial charge on any atom is 0.133 e. The summed E-state index contributed by atoms with van der Waals surface area (Å²) in [7, 11) is 0. The lowest BCUT2D eigenvalue weighted by molar-refractivity contribution is 0.302. The van der Waals surface area contributed by atoms with E-state index in [2.05, 4.69) is 11.9 Å². The third-order valence-electron chi connectivity index (χ3n) is 2.01. The summed E-state index contributed by atoms with van der Waals surface area (Å²) in [4.78, 5) is 4.17. The Morgan fingerprint density at radius 1 is 1.54 bits per heavy atom. The summed E-state index contributed by atoms with van der Waals surface area (Å²) in [5.74, 6) is 0.861. The number of nitrogens with zero attached hydrogens (tertiary/aromatic N) is 1. The summed E-state index contributed by atoms with van der Waals surface area (Å²) in [5.41, 5.74) is 0.989. The maximum atomic E-state index is 5.84. The van der Waals surface area contributed by atoms with Gasteiger partial charge >= 0.3 is 0 Å². The normalized spacial score (nSPS) is 15.8. The van der Waals surface area contributed by atoms with Crippen LogP contribution in [-0.4, -0.2) is 11.1 Å². The molecule has 1 aromatic heterocycles. The minimum Gasteiger partial charge on any atom is -0.490 e. The van der Waals surface area contributed by atoms with Gasteiger partial charge in [0.05, 0.1) is 6.10 Å². The Hall–Kier alpha value is -0.760. The largest absolute Gasteiger partial charge is 0.490 e. The fourth-order valence-electron chi connectivity index (χ4n) is 1.15. The topological polar surface area (TPSA) is 22.1 Å². The van der Waals surface area contributed by atoms with Crippen LogP contribution in [0.1, 0.15) is 25.5 Å². The molecule has 0 N–H and O–H groups in total. The van der Waals surface area contributed by atoms with Crippen molar-refractivity contribution in [1.82, 2.24) is 4.98 Å². The summed E-state index contributed by atoms with van der Waals surface area (Å²) < 4.78 is 5.62. The fourth-order valence-corrected chi connectivity index (χ4v) is 1.37. The van der Waals surface area contributed by atoms with E-state index >= 15 is 0 Å². The molecule has 0 amide bonds. The summed E-state index contributed by atoms with van der Waals surface area (Å²) in [6.07, 6.45) is 3.65. The van der Waals surface area contributed by atoms with Crippen molar-refractivity contribution in [2.75, 3.05) is 0 Å². The highest BCUT2D eigenvalue weighted by atomic mass is 35.5. The first-order valence-corrected chi connectivity index (χ1v) is 4.99. The van der Waals surface area contributed by atoms with Crippen molar-refractivity contribution < 1.29 is 4.74 Å². The van der Waals surface area contributed by atoms with Gasteiger partial charge < -0.3 is 4.74 Å². The average Bonchev–Trinajstić information content (AvgIpc) is 2.87. The molecule has 1 saturated carbocycles. The average molecular weight is 198 g/mol. The van der Waals surface area contributed by atoms with E-state index in [9.17, 15) is 0 Å². The van der Waals surface area contributed by atoms with Gasteiger partial charge in [-0.1, -0.05) is 18.5 Å². The number of hydrogen-bond donors (Lipinski definition) is 0. The first-order valence-electron chi connectivity index (χ1n) is 4.61. The predicted molar refractivity (Wildman–Crippen MR) is 52.3 cm³/mol. The monoisotopic (exact) mass is 197 g/mol. The summed E-state index contributed by atoms with van der Waals surface area (Å²) in [6.45, 7) is 2.06. The van der Waals surface area contributed by atoms with Gasteiger partial charge in [-0.15, -0.1) is 0 Å². The molecule has 13 heavy (non-hydrogen) atoms. The molecule has 0 bridgehead atoms. The smallest absolute Gasteiger partial charge is 0.133 e. The predicted octanol–water partition coefficient (Wildman–Crippen LogP) is 2.84. The van der Waals surface area contributed by atoms with Crippen molar-refractivity contribution in [2.24, 2.45) is 0 Å². The molecule has 3 heteroatoms. The zero-order valence-corrected chi connectivity index (χ0v) is 8.34. The van der Waals surface area contributed by atoms with Crippen molar-refractivity contribution in [1.29, 1.82) is 0 Å². The van der Waals surface area contributed by atoms with Crippen LogP contribution in [0.3, 0.4) is 0 Å². The Bertz CT molecular complexity index is 310. The van der Waals surface area contributed by atoms with Crippen molar-refractivity contribution in [3.8, 4) is 5.75 Å². The Balaban J connectivity index is 2.17. The van der Waals surface area contributed by atoms with E-state index in [1.807, 2.05) is 6.07 Å². The van der Waals surface area contributed by atoms with E-state index in [1.165, 1.54) is 12.8 Å². The molecule has 1 fully saturated rings. The Labute approximate surface area is 82.9 Å². The van der Waals surface area contributed by atoms with E-state index in [4.69, 9.17) is 16.3 Å². The molecule has 0 aromatic carbocycles. The number of hydrogen-bond acceptors (Lipinski definition) is 2. The van der Waals surface area contributed by atoms with Gasteiger partial charge in [0.15, 0.2) is 0 Å². The molecule has 0 spiro atoms. The van der Waals surface area contributed by atoms with Crippen molar-refractivity contribution in [3.63, 3.8) is 0 Å². The lowest BCUT2D eigenvalue weighted by Crippen LogP contribution is -1.97. The second kappa shape index (κ2) is 3.54. The van der Waals surface area contributed by atoms with Gasteiger partial charge in [0.2, 0.25) is 0 Å². The number of rotatable bonds is 3. The van der Waals surface area contributed by atoms with Crippen LogP contribution in [0, 0.1) is 0 Å². The number of pyridine rings is 1. The number of ether oxygens (including phenoxy) is 1. The fraction of sp³-hybridized carbons (Fsp3) is 0.500. The zero-order valence-electron chi connectivity index (χ0n) is 7.59. The molecule has 2 rings (SSSR count). The van der Waals surface area contributed by atoms with Crippen molar-refractivity contribution >= 4 is 11.6 Å². The van der Waals surface area contributed by atoms with Gasteiger partial charge in [-0.3, -0.25) is 0 Å². The lowest BCUT2D eigenvalue weighted by atomic mass is 10.3. The van der Waals surface area contributed by atoms with Crippen LogP contribution >= 0.6 is 11.6 Å². The third kappa shape index (κ3) is 2.34. The van der Waals surface area contributed by atoms with E-state index in [1.54, 1.807) is 6.07 Å². The molecule has 1 aromatic rings. The lowest BCUT2D eigenvalue weighted by Gasteiger charge is -2.05. The quantitative estimate of drug-likeness (QED) is 0.696. The van der Waals surface area contributed by atoms with Gasteiger partial charge in [0.25, 0.3) is 0 Å². The van der Waals surface area contributed by atoms with Crippen molar-refractivity contribution in [3.05, 3.63) is 23.0 Å². The second-order valence-corrected chi connectivity index (χ2v) is 3.67. The minimum atomic E-state index is 0.420. The van der Waals surface area contributed by atoms with Gasteiger partial charge in [-0.2, -0.15) is 0 Å². The Morgan fingerprint density at radius 3 is 2.92 bits per heavy atom. The summed E-state index contributed by atoms with van der Waals surface area (Å²) in [6, 6.07) is 3.74. The van der Waals surface area contributed by atoms with Crippen LogP contribution in [-0.2, 0) is 6.42 Å². The molecule has 2 nitrogen and oxygen atoms in total. The number of aryl methyl sites for hydroxylation is 1. The van der Waals surface area contributed by atoms with Crippen LogP contribution in [0.2, 0.25) is 5.15 Å². The molecule has 1 heterocycles. The molecule has 0 unspecified atom stereocenters. The second-order valence-electron chi connectivity index (χ2n) is 3.29. The zero-order chi connectivity index (χ0) is 9.26. The van der Waals surface area contributed by atoms with Crippen molar-refractivity contribution in [2.45, 2.75) is 32.3 Å². The molecule has 0 aliphatic heterocycles. The molecule has 0 atom stereocenters. The van der Waals surface area contributed by atoms with Gasteiger partial charge in [0.1, 0.15) is 10.9 Å². The maximum absolute atomic E-state index is 5.84. The highest BCUT2D eigenvalue weighted by Gasteiger charge is 2.23. The molecule has 0 radical (unpaired) electrons. The molecule has 0 saturated heterocycles. The van der Waals surface area contributed by atoms with E-state index < -0.39 is 0 Å². The molecule has 1 aliphatic carbocycles. The number of aromatic nitrogens is 1. The Kier molecular flexibility index (Phi) is 2.40. The van der Waals surface area contributed by atoms with Crippen LogP contribution < -0.4 is 4.74 Å². The van der Waals surface area contributed by atoms with Gasteiger partial charge in [-0.25, -0.2) is 4.98 Å². The van der Waals surface area contributed by atoms with Crippen LogP contribution in [0.15, 0.2) is 12.1 Å². The Morgan fingerprint density at radius 2 is 2.31 bits per heavy atom. The van der Waals surface area contributed by atoms with Gasteiger partial charge in [-0.05, 0) is 19.3 Å². The van der Waals surface area contributed by atoms with Crippen LogP contribution in [0.25, 0.3) is 0 Å². The SMILES string of the molecule is CCc1cc(OC2CC2)cc(Cl)n1. The highest BCUT2D eigenvalue weighted by Crippen LogP contribution is 2.28. The highest BCUT2D eigenvalue weighted by molar-refractivity contribution is 6.29. The van der Waals surface area contributed by atoms with Crippen LogP contribution in [0.5, 0.6) is 5.75 Å². The van der Waals surface area contributed by atoms with Gasteiger partial charge in [0, 0.05) is 17.8 Å². The molecule has 1 aliphatic rings. The standard InChI is InChI=1S/C10H12ClNO/c1-2-7-5-9(6-10(11)12-7)13-8-3-4-8/h5-6,8H,2-4H2,1H3. The summed E-state index contributed by atoms with van der Waals surface area (Å²) in [5, 5.41) is 0.523. The van der Waals surface area contributed by atoms with E-state index in [0.717, 1.165) is 17.9 Å². The molecular weight excluding hydrogens is 186 g/mol. The first kappa shape index (κ1) is 8.82. The summed E-state index contributed by atoms with van der Waals surface area (Å²) >= 11 is 5.84. The minimum absolute atomic E-state index is 0.420. The first-order chi connectivity index (χ1) is 6.28. The molecule has 70 valence electrons. The van der Waals surface area contributed by atoms with Crippen LogP contribution in [0.4, 0.5) is 0 Å². The van der Waals surface area contributed by atoms with E-state index in [-0.39, 0.29) is 0 Å². The van der Waals surface area contributed by atoms with E-state index in [0.29, 0.717) is 11.3 Å². The number of halogens is 1. The third-order valence-corrected chi connectivity index (χ3v) is 2.20.